The number of benzene rings is 1. The summed E-state index contributed by atoms with van der Waals surface area (Å²) in [6.07, 6.45) is 6.52. The fourth-order valence-corrected chi connectivity index (χ4v) is 1.46. The molecule has 0 aliphatic carbocycles. The molecule has 0 spiro atoms. The Balaban J connectivity index is 2.54. The number of hydrogen-bond acceptors (Lipinski definition) is 1. The molecule has 0 saturated carbocycles. The van der Waals surface area contributed by atoms with Crippen LogP contribution in [-0.4, -0.2) is 7.11 Å². The maximum absolute atomic E-state index is 5.09. The summed E-state index contributed by atoms with van der Waals surface area (Å²) < 4.78 is 5.09. The maximum Gasteiger partial charge on any atom is 0.0713 e. The molecule has 0 amide bonds. The Morgan fingerprint density at radius 3 is 2.79 bits per heavy atom. The number of allylic oxidation sites excluding steroid dienone is 2. The summed E-state index contributed by atoms with van der Waals surface area (Å²) in [4.78, 5) is 0. The van der Waals surface area contributed by atoms with E-state index >= 15 is 0 Å². The van der Waals surface area contributed by atoms with E-state index in [9.17, 15) is 0 Å². The van der Waals surface area contributed by atoms with Gasteiger partial charge in [-0.15, -0.1) is 0 Å². The van der Waals surface area contributed by atoms with Crippen molar-refractivity contribution in [3.05, 3.63) is 47.5 Å². The minimum Gasteiger partial charge on any atom is -0.380 e. The molecule has 1 nitrogen and oxygen atoms in total. The van der Waals surface area contributed by atoms with Gasteiger partial charge in [-0.1, -0.05) is 36.4 Å². The highest BCUT2D eigenvalue weighted by Crippen LogP contribution is 2.08. The molecule has 0 atom stereocenters. The summed E-state index contributed by atoms with van der Waals surface area (Å²) in [5.74, 6) is 0. The minimum atomic E-state index is 0.706. The molecule has 0 aliphatic rings. The number of hydrogen-bond donors (Lipinski definition) is 0. The summed E-state index contributed by atoms with van der Waals surface area (Å²) >= 11 is 0. The van der Waals surface area contributed by atoms with Gasteiger partial charge in [-0.3, -0.25) is 0 Å². The fraction of sp³-hybridized carbons (Fsp3) is 0.385. The molecule has 1 aromatic carbocycles. The van der Waals surface area contributed by atoms with E-state index in [2.05, 4.69) is 43.3 Å². The molecule has 1 heteroatoms. The smallest absolute Gasteiger partial charge is 0.0713 e. The summed E-state index contributed by atoms with van der Waals surface area (Å²) in [6.45, 7) is 2.76. The van der Waals surface area contributed by atoms with Crippen molar-refractivity contribution in [2.75, 3.05) is 7.11 Å². The third-order valence-electron chi connectivity index (χ3n) is 2.14. The molecule has 0 saturated heterocycles. The third kappa shape index (κ3) is 3.75. The number of ether oxygens (including phenoxy) is 1. The van der Waals surface area contributed by atoms with Crippen molar-refractivity contribution < 1.29 is 4.74 Å². The minimum absolute atomic E-state index is 0.706. The number of aryl methyl sites for hydroxylation is 1. The molecule has 0 heterocycles. The zero-order valence-corrected chi connectivity index (χ0v) is 8.99. The van der Waals surface area contributed by atoms with Crippen LogP contribution in [0.25, 0.3) is 0 Å². The van der Waals surface area contributed by atoms with Crippen molar-refractivity contribution in [3.63, 3.8) is 0 Å². The fourth-order valence-electron chi connectivity index (χ4n) is 1.46. The van der Waals surface area contributed by atoms with Gasteiger partial charge in [0, 0.05) is 7.11 Å². The van der Waals surface area contributed by atoms with Crippen molar-refractivity contribution in [2.24, 2.45) is 0 Å². The first-order valence-corrected chi connectivity index (χ1v) is 5.04. The molecule has 0 bridgehead atoms. The Morgan fingerprint density at radius 1 is 1.29 bits per heavy atom. The van der Waals surface area contributed by atoms with Gasteiger partial charge < -0.3 is 4.74 Å². The second-order valence-electron chi connectivity index (χ2n) is 3.36. The quantitative estimate of drug-likeness (QED) is 0.647. The van der Waals surface area contributed by atoms with E-state index in [-0.39, 0.29) is 0 Å². The Hall–Kier alpha value is -1.08. The molecule has 0 aromatic heterocycles. The topological polar surface area (TPSA) is 9.23 Å². The summed E-state index contributed by atoms with van der Waals surface area (Å²) in [5, 5.41) is 0. The van der Waals surface area contributed by atoms with Gasteiger partial charge in [0.2, 0.25) is 0 Å². The van der Waals surface area contributed by atoms with Gasteiger partial charge in [0.25, 0.3) is 0 Å². The lowest BCUT2D eigenvalue weighted by Gasteiger charge is -2.02. The van der Waals surface area contributed by atoms with Gasteiger partial charge in [0.1, 0.15) is 0 Å². The van der Waals surface area contributed by atoms with E-state index in [4.69, 9.17) is 4.74 Å². The molecule has 1 rings (SSSR count). The van der Waals surface area contributed by atoms with Crippen LogP contribution in [0.1, 0.15) is 24.5 Å². The van der Waals surface area contributed by atoms with Crippen molar-refractivity contribution >= 4 is 0 Å². The molecule has 1 aromatic rings. The molecule has 14 heavy (non-hydrogen) atoms. The molecule has 0 aliphatic heterocycles. The first kappa shape index (κ1) is 11.0. The zero-order valence-electron chi connectivity index (χ0n) is 8.99. The molecular weight excluding hydrogens is 172 g/mol. The van der Waals surface area contributed by atoms with E-state index < -0.39 is 0 Å². The second kappa shape index (κ2) is 6.39. The summed E-state index contributed by atoms with van der Waals surface area (Å²) in [7, 11) is 1.73. The van der Waals surface area contributed by atoms with Crippen LogP contribution in [0.15, 0.2) is 36.4 Å². The molecule has 0 N–H and O–H groups in total. The van der Waals surface area contributed by atoms with Crippen LogP contribution in [0, 0.1) is 0 Å². The van der Waals surface area contributed by atoms with Gasteiger partial charge in [-0.05, 0) is 30.9 Å². The van der Waals surface area contributed by atoms with Gasteiger partial charge in [-0.2, -0.15) is 0 Å². The Labute approximate surface area is 86.4 Å². The van der Waals surface area contributed by atoms with Gasteiger partial charge >= 0.3 is 0 Å². The predicted octanol–water partition coefficient (Wildman–Crippen LogP) is 3.34. The van der Waals surface area contributed by atoms with Crippen molar-refractivity contribution in [2.45, 2.75) is 26.4 Å². The van der Waals surface area contributed by atoms with Crippen LogP contribution in [0.5, 0.6) is 0 Å². The largest absolute Gasteiger partial charge is 0.380 e. The SMILES string of the molecule is C/C=C/CCc1cccc(COC)c1. The van der Waals surface area contributed by atoms with Crippen molar-refractivity contribution in [1.29, 1.82) is 0 Å². The Kier molecular flexibility index (Phi) is 5.02. The average molecular weight is 190 g/mol. The van der Waals surface area contributed by atoms with E-state index in [1.807, 2.05) is 0 Å². The van der Waals surface area contributed by atoms with Crippen LogP contribution in [0.4, 0.5) is 0 Å². The summed E-state index contributed by atoms with van der Waals surface area (Å²) in [5.41, 5.74) is 2.64. The van der Waals surface area contributed by atoms with E-state index in [1.54, 1.807) is 7.11 Å². The average Bonchev–Trinajstić information content (AvgIpc) is 2.19. The zero-order chi connectivity index (χ0) is 10.2. The van der Waals surface area contributed by atoms with E-state index in [0.29, 0.717) is 6.61 Å². The lowest BCUT2D eigenvalue weighted by molar-refractivity contribution is 0.185. The van der Waals surface area contributed by atoms with Crippen LogP contribution >= 0.6 is 0 Å². The highest BCUT2D eigenvalue weighted by atomic mass is 16.5. The van der Waals surface area contributed by atoms with Crippen LogP contribution in [0.2, 0.25) is 0 Å². The van der Waals surface area contributed by atoms with E-state index in [0.717, 1.165) is 12.8 Å². The standard InChI is InChI=1S/C13H18O/c1-3-4-5-7-12-8-6-9-13(10-12)11-14-2/h3-4,6,8-10H,5,7,11H2,1-2H3/b4-3+. The van der Waals surface area contributed by atoms with Gasteiger partial charge in [-0.25, -0.2) is 0 Å². The molecule has 76 valence electrons. The third-order valence-corrected chi connectivity index (χ3v) is 2.14. The normalized spacial score (nSPS) is 11.0. The Bertz CT molecular complexity index is 289. The number of rotatable bonds is 5. The Morgan fingerprint density at radius 2 is 2.07 bits per heavy atom. The first-order valence-electron chi connectivity index (χ1n) is 5.04. The van der Waals surface area contributed by atoms with E-state index in [1.165, 1.54) is 11.1 Å². The van der Waals surface area contributed by atoms with Gasteiger partial charge in [0.15, 0.2) is 0 Å². The molecule has 0 fully saturated rings. The highest BCUT2D eigenvalue weighted by Gasteiger charge is 1.94. The molecule has 0 unspecified atom stereocenters. The van der Waals surface area contributed by atoms with Gasteiger partial charge in [0.05, 0.1) is 6.61 Å². The second-order valence-corrected chi connectivity index (χ2v) is 3.36. The van der Waals surface area contributed by atoms with Crippen LogP contribution in [-0.2, 0) is 17.8 Å². The highest BCUT2D eigenvalue weighted by molar-refractivity contribution is 5.23. The van der Waals surface area contributed by atoms with Crippen molar-refractivity contribution in [1.82, 2.24) is 0 Å². The number of methoxy groups -OCH3 is 1. The maximum atomic E-state index is 5.09. The molecular formula is C13H18O. The lowest BCUT2D eigenvalue weighted by Crippen LogP contribution is -1.90. The predicted molar refractivity (Wildman–Crippen MR) is 60.3 cm³/mol. The summed E-state index contributed by atoms with van der Waals surface area (Å²) in [6, 6.07) is 8.58. The van der Waals surface area contributed by atoms with Crippen LogP contribution in [0.3, 0.4) is 0 Å². The first-order chi connectivity index (χ1) is 6.86. The lowest BCUT2D eigenvalue weighted by atomic mass is 10.1. The molecule has 0 radical (unpaired) electrons. The monoisotopic (exact) mass is 190 g/mol. The van der Waals surface area contributed by atoms with Crippen LogP contribution < -0.4 is 0 Å². The van der Waals surface area contributed by atoms with Crippen molar-refractivity contribution in [3.8, 4) is 0 Å².